The fraction of sp³-hybridized carbons (Fsp3) is 0.500. The molecule has 0 aliphatic carbocycles. The van der Waals surface area contributed by atoms with E-state index in [1.165, 1.54) is 0 Å². The molecule has 0 bridgehead atoms. The van der Waals surface area contributed by atoms with Crippen molar-refractivity contribution >= 4 is 5.69 Å². The van der Waals surface area contributed by atoms with Gasteiger partial charge in [0.25, 0.3) is 0 Å². The fourth-order valence-corrected chi connectivity index (χ4v) is 1.66. The smallest absolute Gasteiger partial charge is 0.123 e. The maximum Gasteiger partial charge on any atom is 0.123 e. The molecule has 0 aliphatic heterocycles. The molecule has 1 aromatic carbocycles. The highest BCUT2D eigenvalue weighted by Gasteiger charge is 2.10. The van der Waals surface area contributed by atoms with Crippen LogP contribution in [0.5, 0.6) is 5.75 Å². The highest BCUT2D eigenvalue weighted by Crippen LogP contribution is 2.31. The minimum absolute atomic E-state index is 0.457. The lowest BCUT2D eigenvalue weighted by atomic mass is 10.0. The second-order valence-electron chi connectivity index (χ2n) is 3.87. The Bertz CT molecular complexity index is 318. The Morgan fingerprint density at radius 2 is 1.93 bits per heavy atom. The Morgan fingerprint density at radius 3 is 2.43 bits per heavy atom. The molecule has 0 amide bonds. The zero-order chi connectivity index (χ0) is 10.7. The van der Waals surface area contributed by atoms with E-state index in [4.69, 9.17) is 0 Å². The van der Waals surface area contributed by atoms with Crippen LogP contribution in [-0.4, -0.2) is 19.2 Å². The van der Waals surface area contributed by atoms with Gasteiger partial charge in [0.2, 0.25) is 0 Å². The van der Waals surface area contributed by atoms with Crippen molar-refractivity contribution in [2.75, 3.05) is 19.0 Å². The summed E-state index contributed by atoms with van der Waals surface area (Å²) in [7, 11) is 4.01. The zero-order valence-electron chi connectivity index (χ0n) is 9.46. The molecule has 78 valence electrons. The molecule has 0 aliphatic rings. The molecule has 0 fully saturated rings. The number of hydrogen-bond donors (Lipinski definition) is 1. The van der Waals surface area contributed by atoms with Gasteiger partial charge in [-0.25, -0.2) is 0 Å². The molecule has 0 atom stereocenters. The number of aromatic hydroxyl groups is 1. The number of aryl methyl sites for hydroxylation is 1. The summed E-state index contributed by atoms with van der Waals surface area (Å²) in [5, 5.41) is 9.93. The van der Waals surface area contributed by atoms with Gasteiger partial charge in [0.15, 0.2) is 0 Å². The van der Waals surface area contributed by atoms with Crippen LogP contribution in [0.3, 0.4) is 0 Å². The van der Waals surface area contributed by atoms with E-state index >= 15 is 0 Å². The van der Waals surface area contributed by atoms with E-state index in [2.05, 4.69) is 13.0 Å². The fourth-order valence-electron chi connectivity index (χ4n) is 1.66. The van der Waals surface area contributed by atoms with Crippen LogP contribution in [-0.2, 0) is 6.42 Å². The van der Waals surface area contributed by atoms with Gasteiger partial charge in [0, 0.05) is 25.3 Å². The van der Waals surface area contributed by atoms with Crippen molar-refractivity contribution in [1.29, 1.82) is 0 Å². The average molecular weight is 193 g/mol. The minimum Gasteiger partial charge on any atom is -0.507 e. The number of anilines is 1. The van der Waals surface area contributed by atoms with E-state index in [1.807, 2.05) is 32.0 Å². The number of rotatable bonds is 3. The molecule has 0 saturated carbocycles. The molecule has 0 aromatic heterocycles. The van der Waals surface area contributed by atoms with Crippen LogP contribution in [0.4, 0.5) is 5.69 Å². The lowest BCUT2D eigenvalue weighted by Gasteiger charge is -2.19. The molecule has 1 N–H and O–H groups in total. The number of benzene rings is 1. The van der Waals surface area contributed by atoms with Crippen molar-refractivity contribution < 1.29 is 5.11 Å². The largest absolute Gasteiger partial charge is 0.507 e. The van der Waals surface area contributed by atoms with E-state index in [9.17, 15) is 5.11 Å². The molecule has 0 radical (unpaired) electrons. The first kappa shape index (κ1) is 10.9. The van der Waals surface area contributed by atoms with Gasteiger partial charge in [0.1, 0.15) is 5.75 Å². The number of phenolic OH excluding ortho intramolecular Hbond substituents is 1. The van der Waals surface area contributed by atoms with Crippen LogP contribution in [0, 0.1) is 6.92 Å². The summed E-state index contributed by atoms with van der Waals surface area (Å²) in [5.41, 5.74) is 3.14. The van der Waals surface area contributed by atoms with Gasteiger partial charge in [-0.1, -0.05) is 19.4 Å². The van der Waals surface area contributed by atoms with Gasteiger partial charge in [0.05, 0.1) is 0 Å². The summed E-state index contributed by atoms with van der Waals surface area (Å²) in [5.74, 6) is 0.457. The molecular formula is C12H19NO. The van der Waals surface area contributed by atoms with Crippen LogP contribution in [0.1, 0.15) is 24.5 Å². The Kier molecular flexibility index (Phi) is 3.39. The van der Waals surface area contributed by atoms with Gasteiger partial charge in [-0.2, -0.15) is 0 Å². The molecule has 0 saturated heterocycles. The first-order chi connectivity index (χ1) is 6.57. The number of hydrogen-bond acceptors (Lipinski definition) is 2. The second kappa shape index (κ2) is 4.36. The Labute approximate surface area is 86.2 Å². The summed E-state index contributed by atoms with van der Waals surface area (Å²) >= 11 is 0. The second-order valence-corrected chi connectivity index (χ2v) is 3.87. The lowest BCUT2D eigenvalue weighted by Crippen LogP contribution is -2.11. The quantitative estimate of drug-likeness (QED) is 0.797. The molecule has 1 rings (SSSR count). The van der Waals surface area contributed by atoms with Crippen molar-refractivity contribution in [3.05, 3.63) is 23.3 Å². The van der Waals surface area contributed by atoms with E-state index in [0.29, 0.717) is 5.75 Å². The third kappa shape index (κ3) is 2.00. The first-order valence-corrected chi connectivity index (χ1v) is 5.06. The van der Waals surface area contributed by atoms with Crippen LogP contribution >= 0.6 is 0 Å². The molecule has 0 heterocycles. The van der Waals surface area contributed by atoms with Crippen molar-refractivity contribution in [3.8, 4) is 5.75 Å². The normalized spacial score (nSPS) is 10.3. The summed E-state index contributed by atoms with van der Waals surface area (Å²) in [6.45, 7) is 4.06. The monoisotopic (exact) mass is 193 g/mol. The van der Waals surface area contributed by atoms with Crippen LogP contribution in [0.15, 0.2) is 12.1 Å². The van der Waals surface area contributed by atoms with Gasteiger partial charge >= 0.3 is 0 Å². The van der Waals surface area contributed by atoms with Crippen LogP contribution < -0.4 is 4.90 Å². The minimum atomic E-state index is 0.457. The first-order valence-electron chi connectivity index (χ1n) is 5.06. The summed E-state index contributed by atoms with van der Waals surface area (Å²) in [6.07, 6.45) is 1.98. The van der Waals surface area contributed by atoms with Crippen LogP contribution in [0.2, 0.25) is 0 Å². The average Bonchev–Trinajstić information content (AvgIpc) is 2.13. The third-order valence-corrected chi connectivity index (χ3v) is 2.44. The topological polar surface area (TPSA) is 23.5 Å². The van der Waals surface area contributed by atoms with E-state index in [-0.39, 0.29) is 0 Å². The number of phenols is 1. The lowest BCUT2D eigenvalue weighted by molar-refractivity contribution is 0.463. The molecule has 0 spiro atoms. The Morgan fingerprint density at radius 1 is 1.29 bits per heavy atom. The van der Waals surface area contributed by atoms with Crippen molar-refractivity contribution in [1.82, 2.24) is 0 Å². The molecule has 2 heteroatoms. The van der Waals surface area contributed by atoms with Crippen LogP contribution in [0.25, 0.3) is 0 Å². The maximum atomic E-state index is 9.93. The van der Waals surface area contributed by atoms with Crippen molar-refractivity contribution in [3.63, 3.8) is 0 Å². The highest BCUT2D eigenvalue weighted by molar-refractivity contribution is 5.60. The number of nitrogens with zero attached hydrogens (tertiary/aromatic N) is 1. The standard InChI is InChI=1S/C12H19NO/c1-5-6-10-11(13(3)4)8-7-9(2)12(10)14/h7-8,14H,5-6H2,1-4H3. The molecule has 2 nitrogen and oxygen atoms in total. The zero-order valence-corrected chi connectivity index (χ0v) is 9.46. The van der Waals surface area contributed by atoms with E-state index < -0.39 is 0 Å². The third-order valence-electron chi connectivity index (χ3n) is 2.44. The van der Waals surface area contributed by atoms with Gasteiger partial charge in [-0.3, -0.25) is 0 Å². The summed E-state index contributed by atoms with van der Waals surface area (Å²) in [4.78, 5) is 2.05. The molecular weight excluding hydrogens is 174 g/mol. The predicted molar refractivity (Wildman–Crippen MR) is 61.2 cm³/mol. The summed E-state index contributed by atoms with van der Waals surface area (Å²) < 4.78 is 0. The van der Waals surface area contributed by atoms with Crippen molar-refractivity contribution in [2.24, 2.45) is 0 Å². The molecule has 1 aromatic rings. The molecule has 0 unspecified atom stereocenters. The van der Waals surface area contributed by atoms with E-state index in [1.54, 1.807) is 0 Å². The van der Waals surface area contributed by atoms with E-state index in [0.717, 1.165) is 29.7 Å². The van der Waals surface area contributed by atoms with Gasteiger partial charge in [-0.15, -0.1) is 0 Å². The maximum absolute atomic E-state index is 9.93. The predicted octanol–water partition coefficient (Wildman–Crippen LogP) is 2.72. The van der Waals surface area contributed by atoms with Gasteiger partial charge in [-0.05, 0) is 25.0 Å². The molecule has 14 heavy (non-hydrogen) atoms. The Hall–Kier alpha value is -1.18. The van der Waals surface area contributed by atoms with Crippen molar-refractivity contribution in [2.45, 2.75) is 26.7 Å². The van der Waals surface area contributed by atoms with Gasteiger partial charge < -0.3 is 10.0 Å². The Balaban J connectivity index is 3.22. The highest BCUT2D eigenvalue weighted by atomic mass is 16.3. The summed E-state index contributed by atoms with van der Waals surface area (Å²) in [6, 6.07) is 4.03. The SMILES string of the molecule is CCCc1c(N(C)C)ccc(C)c1O.